The topological polar surface area (TPSA) is 119 Å². The Morgan fingerprint density at radius 1 is 1.53 bits per heavy atom. The number of nitrogen functional groups attached to an aromatic ring is 1. The number of rotatable bonds is 1. The minimum absolute atomic E-state index is 0.0401. The van der Waals surface area contributed by atoms with Gasteiger partial charge >= 0.3 is 0 Å². The van der Waals surface area contributed by atoms with Gasteiger partial charge in [-0.2, -0.15) is 0 Å². The lowest BCUT2D eigenvalue weighted by molar-refractivity contribution is 0.0939. The van der Waals surface area contributed by atoms with Crippen LogP contribution in [-0.2, 0) is 0 Å². The molecule has 1 heterocycles. The summed E-state index contributed by atoms with van der Waals surface area (Å²) in [5.41, 5.74) is 14.8. The number of carbonyl (C=O) groups is 1. The Balaban J connectivity index is 2.81. The molecule has 0 saturated carbocycles. The molecule has 80 valence electrons. The minimum atomic E-state index is -0.629. The number of aromatic nitrogens is 2. The molecule has 0 radical (unpaired) electrons. The number of hydrogen-bond donors (Lipinski definition) is 4. The molecular weight excluding hydrogens is 240 g/mol. The fraction of sp³-hybridized carbons (Fsp3) is 0. The van der Waals surface area contributed by atoms with Gasteiger partial charge in [-0.15, -0.1) is 0 Å². The van der Waals surface area contributed by atoms with Crippen LogP contribution in [0, 0.1) is 0 Å². The summed E-state index contributed by atoms with van der Waals surface area (Å²) in [4.78, 5) is 18.7. The smallest absolute Gasteiger partial charge is 0.292 e. The molecule has 0 bridgehead atoms. The van der Waals surface area contributed by atoms with Crippen molar-refractivity contribution >= 4 is 40.7 Å². The Hall–Kier alpha value is -1.67. The molecule has 1 aromatic heterocycles. The second kappa shape index (κ2) is 4.71. The van der Waals surface area contributed by atoms with E-state index < -0.39 is 5.91 Å². The molecular formula is C6H7ClN6OS. The van der Waals surface area contributed by atoms with Crippen LogP contribution in [-0.4, -0.2) is 21.0 Å². The van der Waals surface area contributed by atoms with Gasteiger partial charge in [0.25, 0.3) is 5.91 Å². The number of nitrogens with two attached hydrogens (primary N) is 2. The first kappa shape index (κ1) is 11.4. The van der Waals surface area contributed by atoms with Gasteiger partial charge in [0.05, 0.1) is 6.20 Å². The zero-order chi connectivity index (χ0) is 11.4. The lowest BCUT2D eigenvalue weighted by Crippen LogP contribution is -2.44. The molecule has 0 fully saturated rings. The standard InChI is InChI=1S/C6H7ClN6OS/c7-2-1-10-4(8)3(11-2)5(14)12-13-6(9)15/h1H,(H2,8,10)(H,12,14)(H3,9,13,15). The highest BCUT2D eigenvalue weighted by Gasteiger charge is 2.12. The van der Waals surface area contributed by atoms with Crippen molar-refractivity contribution in [1.82, 2.24) is 20.8 Å². The third-order valence-corrected chi connectivity index (χ3v) is 1.57. The Kier molecular flexibility index (Phi) is 3.58. The van der Waals surface area contributed by atoms with Gasteiger partial charge in [-0.05, 0) is 12.2 Å². The second-order valence-electron chi connectivity index (χ2n) is 2.37. The summed E-state index contributed by atoms with van der Waals surface area (Å²) in [6.07, 6.45) is 1.23. The largest absolute Gasteiger partial charge is 0.382 e. The number of amides is 1. The van der Waals surface area contributed by atoms with Crippen LogP contribution in [0.4, 0.5) is 5.82 Å². The van der Waals surface area contributed by atoms with Crippen molar-refractivity contribution < 1.29 is 4.79 Å². The fourth-order valence-corrected chi connectivity index (χ4v) is 0.906. The number of hydrazine groups is 1. The van der Waals surface area contributed by atoms with Crippen LogP contribution >= 0.6 is 23.8 Å². The highest BCUT2D eigenvalue weighted by molar-refractivity contribution is 7.80. The van der Waals surface area contributed by atoms with E-state index in [0.29, 0.717) is 0 Å². The maximum absolute atomic E-state index is 11.4. The molecule has 1 aromatic rings. The molecule has 0 aliphatic rings. The molecule has 1 rings (SSSR count). The summed E-state index contributed by atoms with van der Waals surface area (Å²) in [5, 5.41) is -0.0263. The summed E-state index contributed by atoms with van der Waals surface area (Å²) in [7, 11) is 0. The van der Waals surface area contributed by atoms with Gasteiger partial charge in [-0.25, -0.2) is 9.97 Å². The van der Waals surface area contributed by atoms with E-state index in [1.54, 1.807) is 0 Å². The monoisotopic (exact) mass is 246 g/mol. The van der Waals surface area contributed by atoms with E-state index in [9.17, 15) is 4.79 Å². The SMILES string of the molecule is NC(=S)NNC(=O)c1nc(Cl)cnc1N. The summed E-state index contributed by atoms with van der Waals surface area (Å²) < 4.78 is 0. The Morgan fingerprint density at radius 2 is 2.20 bits per heavy atom. The van der Waals surface area contributed by atoms with Gasteiger partial charge < -0.3 is 11.5 Å². The van der Waals surface area contributed by atoms with Crippen LogP contribution in [0.1, 0.15) is 10.5 Å². The van der Waals surface area contributed by atoms with Crippen molar-refractivity contribution in [3.05, 3.63) is 17.0 Å². The van der Waals surface area contributed by atoms with Crippen LogP contribution in [0.2, 0.25) is 5.15 Å². The molecule has 9 heteroatoms. The van der Waals surface area contributed by atoms with E-state index in [2.05, 4.69) is 33.0 Å². The number of thiocarbonyl (C=S) groups is 1. The molecule has 0 aromatic carbocycles. The van der Waals surface area contributed by atoms with Crippen molar-refractivity contribution in [2.45, 2.75) is 0 Å². The highest BCUT2D eigenvalue weighted by Crippen LogP contribution is 2.08. The first-order valence-corrected chi connectivity index (χ1v) is 4.43. The van der Waals surface area contributed by atoms with Gasteiger partial charge in [0.15, 0.2) is 16.6 Å². The minimum Gasteiger partial charge on any atom is -0.382 e. The van der Waals surface area contributed by atoms with E-state index in [1.807, 2.05) is 0 Å². The van der Waals surface area contributed by atoms with Crippen LogP contribution in [0.5, 0.6) is 0 Å². The van der Waals surface area contributed by atoms with Crippen molar-refractivity contribution in [3.63, 3.8) is 0 Å². The molecule has 0 saturated heterocycles. The normalized spacial score (nSPS) is 9.40. The van der Waals surface area contributed by atoms with Crippen LogP contribution < -0.4 is 22.3 Å². The highest BCUT2D eigenvalue weighted by atomic mass is 35.5. The second-order valence-corrected chi connectivity index (χ2v) is 3.20. The molecule has 1 amide bonds. The van der Waals surface area contributed by atoms with Crippen molar-refractivity contribution in [2.24, 2.45) is 5.73 Å². The molecule has 15 heavy (non-hydrogen) atoms. The summed E-state index contributed by atoms with van der Waals surface area (Å²) in [5.74, 6) is -0.670. The van der Waals surface area contributed by atoms with E-state index in [4.69, 9.17) is 23.1 Å². The molecule has 0 spiro atoms. The average molecular weight is 247 g/mol. The van der Waals surface area contributed by atoms with Gasteiger partial charge in [0, 0.05) is 0 Å². The molecule has 0 unspecified atom stereocenters. The Labute approximate surface area is 95.2 Å². The van der Waals surface area contributed by atoms with Gasteiger partial charge in [0.2, 0.25) is 0 Å². The van der Waals surface area contributed by atoms with Gasteiger partial charge in [-0.1, -0.05) is 11.6 Å². The Bertz CT molecular complexity index is 411. The van der Waals surface area contributed by atoms with E-state index in [-0.39, 0.29) is 21.8 Å². The molecule has 6 N–H and O–H groups in total. The third kappa shape index (κ3) is 3.18. The first-order chi connectivity index (χ1) is 7.00. The molecule has 0 atom stereocenters. The zero-order valence-corrected chi connectivity index (χ0v) is 8.89. The lowest BCUT2D eigenvalue weighted by Gasteiger charge is -2.06. The maximum atomic E-state index is 11.4. The number of halogens is 1. The predicted octanol–water partition coefficient (Wildman–Crippen LogP) is -0.810. The quantitative estimate of drug-likeness (QED) is 0.378. The fourth-order valence-electron chi connectivity index (χ4n) is 0.722. The average Bonchev–Trinajstić information content (AvgIpc) is 2.18. The van der Waals surface area contributed by atoms with Crippen LogP contribution in [0.15, 0.2) is 6.20 Å². The Morgan fingerprint density at radius 3 is 2.80 bits per heavy atom. The number of anilines is 1. The number of nitrogens with zero attached hydrogens (tertiary/aromatic N) is 2. The van der Waals surface area contributed by atoms with Crippen molar-refractivity contribution in [2.75, 3.05) is 5.73 Å². The number of hydrogen-bond acceptors (Lipinski definition) is 5. The van der Waals surface area contributed by atoms with Crippen LogP contribution in [0.25, 0.3) is 0 Å². The number of nitrogens with one attached hydrogen (secondary N) is 2. The molecule has 7 nitrogen and oxygen atoms in total. The van der Waals surface area contributed by atoms with E-state index in [1.165, 1.54) is 6.20 Å². The first-order valence-electron chi connectivity index (χ1n) is 3.64. The van der Waals surface area contributed by atoms with E-state index >= 15 is 0 Å². The van der Waals surface area contributed by atoms with Gasteiger partial charge in [-0.3, -0.25) is 15.6 Å². The van der Waals surface area contributed by atoms with Crippen molar-refractivity contribution in [3.8, 4) is 0 Å². The molecule has 0 aliphatic carbocycles. The number of carbonyl (C=O) groups excluding carboxylic acids is 1. The van der Waals surface area contributed by atoms with E-state index in [0.717, 1.165) is 0 Å². The summed E-state index contributed by atoms with van der Waals surface area (Å²) >= 11 is 10.0. The summed E-state index contributed by atoms with van der Waals surface area (Å²) in [6, 6.07) is 0. The lowest BCUT2D eigenvalue weighted by atomic mass is 10.4. The predicted molar refractivity (Wildman–Crippen MR) is 58.8 cm³/mol. The zero-order valence-electron chi connectivity index (χ0n) is 7.32. The summed E-state index contributed by atoms with van der Waals surface area (Å²) in [6.45, 7) is 0. The van der Waals surface area contributed by atoms with Gasteiger partial charge in [0.1, 0.15) is 5.15 Å². The van der Waals surface area contributed by atoms with Crippen molar-refractivity contribution in [1.29, 1.82) is 0 Å². The van der Waals surface area contributed by atoms with Crippen LogP contribution in [0.3, 0.4) is 0 Å². The molecule has 0 aliphatic heterocycles. The maximum Gasteiger partial charge on any atom is 0.292 e. The third-order valence-electron chi connectivity index (χ3n) is 1.29.